The van der Waals surface area contributed by atoms with Crippen molar-refractivity contribution in [1.82, 2.24) is 10.4 Å². The van der Waals surface area contributed by atoms with Crippen LogP contribution in [0.3, 0.4) is 0 Å². The molecule has 0 aromatic rings. The predicted molar refractivity (Wildman–Crippen MR) is 42.5 cm³/mol. The Balaban J connectivity index is 4.18. The first-order valence-corrected chi connectivity index (χ1v) is 3.74. The van der Waals surface area contributed by atoms with E-state index in [0.717, 1.165) is 0 Å². The third-order valence-corrected chi connectivity index (χ3v) is 1.77. The van der Waals surface area contributed by atoms with Gasteiger partial charge < -0.3 is 4.90 Å². The van der Waals surface area contributed by atoms with Crippen LogP contribution in [-0.4, -0.2) is 35.0 Å². The van der Waals surface area contributed by atoms with Gasteiger partial charge in [0, 0.05) is 13.5 Å². The van der Waals surface area contributed by atoms with Crippen molar-refractivity contribution in [3.8, 4) is 0 Å². The normalized spacial score (nSPS) is 12.0. The van der Waals surface area contributed by atoms with Crippen LogP contribution in [0, 0.1) is 0 Å². The molecular formula is C7H14N2O3. The number of rotatable bonds is 3. The fourth-order valence-corrected chi connectivity index (χ4v) is 0.735. The second-order valence-electron chi connectivity index (χ2n) is 2.51. The average Bonchev–Trinajstić information content (AvgIpc) is 2.12. The standard InChI is InChI=1S/C7H14N2O3/c1-4-6(10)9(3)5(2)7(11)8-12/h5,12H,4H2,1-3H3,(H,8,11)/t5-/m1/s1. The smallest absolute Gasteiger partial charge is 0.265 e. The highest BCUT2D eigenvalue weighted by Gasteiger charge is 2.20. The van der Waals surface area contributed by atoms with Crippen molar-refractivity contribution in [2.45, 2.75) is 26.3 Å². The molecule has 70 valence electrons. The van der Waals surface area contributed by atoms with Crippen LogP contribution in [0.5, 0.6) is 0 Å². The van der Waals surface area contributed by atoms with Crippen molar-refractivity contribution in [1.29, 1.82) is 0 Å². The zero-order valence-electron chi connectivity index (χ0n) is 7.50. The summed E-state index contributed by atoms with van der Waals surface area (Å²) in [6.45, 7) is 3.25. The van der Waals surface area contributed by atoms with E-state index in [4.69, 9.17) is 5.21 Å². The molecule has 0 saturated carbocycles. The molecule has 2 N–H and O–H groups in total. The SMILES string of the molecule is CCC(=O)N(C)[C@H](C)C(=O)NO. The van der Waals surface area contributed by atoms with Gasteiger partial charge in [0.15, 0.2) is 0 Å². The first-order valence-electron chi connectivity index (χ1n) is 3.74. The van der Waals surface area contributed by atoms with Gasteiger partial charge in [0.2, 0.25) is 5.91 Å². The molecule has 0 spiro atoms. The predicted octanol–water partition coefficient (Wildman–Crippen LogP) is -0.251. The van der Waals surface area contributed by atoms with E-state index < -0.39 is 11.9 Å². The van der Waals surface area contributed by atoms with Crippen molar-refractivity contribution in [2.24, 2.45) is 0 Å². The largest absolute Gasteiger partial charge is 0.334 e. The maximum Gasteiger partial charge on any atom is 0.265 e. The third kappa shape index (κ3) is 2.50. The summed E-state index contributed by atoms with van der Waals surface area (Å²) in [7, 11) is 1.52. The van der Waals surface area contributed by atoms with Gasteiger partial charge in [-0.2, -0.15) is 0 Å². The molecule has 0 aromatic carbocycles. The van der Waals surface area contributed by atoms with Crippen LogP contribution in [0.2, 0.25) is 0 Å². The van der Waals surface area contributed by atoms with E-state index in [1.54, 1.807) is 13.8 Å². The molecule has 0 aliphatic rings. The lowest BCUT2D eigenvalue weighted by atomic mass is 10.2. The first kappa shape index (κ1) is 10.9. The fraction of sp³-hybridized carbons (Fsp3) is 0.714. The topological polar surface area (TPSA) is 69.6 Å². The maximum atomic E-state index is 11.0. The highest BCUT2D eigenvalue weighted by molar-refractivity contribution is 5.86. The molecule has 2 amide bonds. The summed E-state index contributed by atoms with van der Waals surface area (Å²) < 4.78 is 0. The van der Waals surface area contributed by atoms with E-state index in [-0.39, 0.29) is 5.91 Å². The number of amides is 2. The third-order valence-electron chi connectivity index (χ3n) is 1.77. The second kappa shape index (κ2) is 4.71. The zero-order chi connectivity index (χ0) is 9.72. The number of carbonyl (C=O) groups excluding carboxylic acids is 2. The Bertz CT molecular complexity index is 161. The lowest BCUT2D eigenvalue weighted by Crippen LogP contribution is -2.44. The van der Waals surface area contributed by atoms with Crippen LogP contribution in [0.1, 0.15) is 20.3 Å². The summed E-state index contributed by atoms with van der Waals surface area (Å²) in [5.74, 6) is -0.717. The van der Waals surface area contributed by atoms with Crippen LogP contribution in [0.4, 0.5) is 0 Å². The van der Waals surface area contributed by atoms with Crippen LogP contribution < -0.4 is 5.48 Å². The lowest BCUT2D eigenvalue weighted by molar-refractivity contribution is -0.142. The zero-order valence-corrected chi connectivity index (χ0v) is 7.50. The minimum atomic E-state index is -0.637. The summed E-state index contributed by atoms with van der Waals surface area (Å²) in [6.07, 6.45) is 0.347. The van der Waals surface area contributed by atoms with Crippen molar-refractivity contribution < 1.29 is 14.8 Å². The number of hydroxylamine groups is 1. The van der Waals surface area contributed by atoms with E-state index in [9.17, 15) is 9.59 Å². The Morgan fingerprint density at radius 2 is 2.08 bits per heavy atom. The van der Waals surface area contributed by atoms with E-state index in [2.05, 4.69) is 0 Å². The van der Waals surface area contributed by atoms with E-state index >= 15 is 0 Å². The number of hydrogen-bond acceptors (Lipinski definition) is 3. The van der Waals surface area contributed by atoms with Crippen molar-refractivity contribution in [3.05, 3.63) is 0 Å². The Labute approximate surface area is 71.3 Å². The Morgan fingerprint density at radius 3 is 2.42 bits per heavy atom. The Hall–Kier alpha value is -1.10. The van der Waals surface area contributed by atoms with Crippen LogP contribution in [0.25, 0.3) is 0 Å². The molecule has 0 radical (unpaired) electrons. The van der Waals surface area contributed by atoms with Crippen LogP contribution >= 0.6 is 0 Å². The molecule has 5 heteroatoms. The minimum absolute atomic E-state index is 0.133. The number of hydrogen-bond donors (Lipinski definition) is 2. The van der Waals surface area contributed by atoms with Gasteiger partial charge in [-0.05, 0) is 6.92 Å². The van der Waals surface area contributed by atoms with Crippen molar-refractivity contribution in [3.63, 3.8) is 0 Å². The van der Waals surface area contributed by atoms with Crippen LogP contribution in [0.15, 0.2) is 0 Å². The Morgan fingerprint density at radius 1 is 1.58 bits per heavy atom. The summed E-state index contributed by atoms with van der Waals surface area (Å²) in [5, 5.41) is 8.27. The molecule has 0 aromatic heterocycles. The number of nitrogens with one attached hydrogen (secondary N) is 1. The summed E-state index contributed by atoms with van der Waals surface area (Å²) in [4.78, 5) is 23.1. The fourth-order valence-electron chi connectivity index (χ4n) is 0.735. The van der Waals surface area contributed by atoms with Crippen LogP contribution in [-0.2, 0) is 9.59 Å². The van der Waals surface area contributed by atoms with Gasteiger partial charge in [-0.25, -0.2) is 5.48 Å². The molecule has 1 atom stereocenters. The molecule has 0 rings (SSSR count). The molecule has 0 heterocycles. The highest BCUT2D eigenvalue weighted by Crippen LogP contribution is 1.98. The molecule has 5 nitrogen and oxygen atoms in total. The van der Waals surface area contributed by atoms with Gasteiger partial charge in [0.05, 0.1) is 0 Å². The van der Waals surface area contributed by atoms with Gasteiger partial charge in [-0.1, -0.05) is 6.92 Å². The molecule has 0 saturated heterocycles. The average molecular weight is 174 g/mol. The van der Waals surface area contributed by atoms with E-state index in [1.165, 1.54) is 17.4 Å². The molecule has 0 aliphatic carbocycles. The van der Waals surface area contributed by atoms with E-state index in [0.29, 0.717) is 6.42 Å². The van der Waals surface area contributed by atoms with Crippen molar-refractivity contribution >= 4 is 11.8 Å². The van der Waals surface area contributed by atoms with Crippen molar-refractivity contribution in [2.75, 3.05) is 7.05 Å². The number of likely N-dealkylation sites (N-methyl/N-ethyl adjacent to an activating group) is 1. The monoisotopic (exact) mass is 174 g/mol. The van der Waals surface area contributed by atoms with Gasteiger partial charge in [-0.15, -0.1) is 0 Å². The molecule has 0 aliphatic heterocycles. The minimum Gasteiger partial charge on any atom is -0.334 e. The Kier molecular flexibility index (Phi) is 4.28. The molecule has 12 heavy (non-hydrogen) atoms. The summed E-state index contributed by atoms with van der Waals surface area (Å²) in [6, 6.07) is -0.637. The van der Waals surface area contributed by atoms with Gasteiger partial charge in [0.25, 0.3) is 5.91 Å². The summed E-state index contributed by atoms with van der Waals surface area (Å²) in [5.41, 5.74) is 1.49. The number of nitrogens with zero attached hydrogens (tertiary/aromatic N) is 1. The number of carbonyl (C=O) groups is 2. The maximum absolute atomic E-state index is 11.0. The van der Waals surface area contributed by atoms with E-state index in [1.807, 2.05) is 0 Å². The van der Waals surface area contributed by atoms with Gasteiger partial charge in [-0.3, -0.25) is 14.8 Å². The molecule has 0 bridgehead atoms. The first-order chi connectivity index (χ1) is 5.54. The molecule has 0 fully saturated rings. The molecule has 0 unspecified atom stereocenters. The second-order valence-corrected chi connectivity index (χ2v) is 2.51. The van der Waals surface area contributed by atoms with Gasteiger partial charge >= 0.3 is 0 Å². The summed E-state index contributed by atoms with van der Waals surface area (Å²) >= 11 is 0. The molecular weight excluding hydrogens is 160 g/mol. The quantitative estimate of drug-likeness (QED) is 0.458. The lowest BCUT2D eigenvalue weighted by Gasteiger charge is -2.22. The highest BCUT2D eigenvalue weighted by atomic mass is 16.5. The van der Waals surface area contributed by atoms with Gasteiger partial charge in [0.1, 0.15) is 6.04 Å².